The summed E-state index contributed by atoms with van der Waals surface area (Å²) in [4.78, 5) is 4.24. The highest BCUT2D eigenvalue weighted by atomic mass is 35.5. The fraction of sp³-hybridized carbons (Fsp3) is 0. The van der Waals surface area contributed by atoms with Gasteiger partial charge in [-0.15, -0.1) is 0 Å². The van der Waals surface area contributed by atoms with Gasteiger partial charge in [-0.05, 0) is 18.2 Å². The van der Waals surface area contributed by atoms with Crippen LogP contribution < -0.4 is 0 Å². The number of aromatic nitrogens is 1. The van der Waals surface area contributed by atoms with E-state index in [9.17, 15) is 0 Å². The molecule has 3 aromatic carbocycles. The number of nitrogens with zero attached hydrogens (tertiary/aromatic N) is 1. The van der Waals surface area contributed by atoms with E-state index in [2.05, 4.69) is 4.98 Å². The van der Waals surface area contributed by atoms with Gasteiger partial charge in [-0.25, -0.2) is 13.8 Å². The van der Waals surface area contributed by atoms with Crippen molar-refractivity contribution < 1.29 is 8.78 Å². The molecule has 162 valence electrons. The summed E-state index contributed by atoms with van der Waals surface area (Å²) in [5.41, 5.74) is -0.558. The Morgan fingerprint density at radius 3 is 1.25 bits per heavy atom. The topological polar surface area (TPSA) is 12.9 Å². The highest BCUT2D eigenvalue weighted by Gasteiger charge is 2.27. The molecule has 9 heteroatoms. The smallest absolute Gasteiger partial charge is 0.160 e. The van der Waals surface area contributed by atoms with E-state index >= 15 is 8.78 Å². The van der Waals surface area contributed by atoms with E-state index in [0.717, 1.165) is 0 Å². The third kappa shape index (κ3) is 4.07. The monoisotopic (exact) mass is 547 g/mol. The van der Waals surface area contributed by atoms with Crippen molar-refractivity contribution in [2.45, 2.75) is 0 Å². The van der Waals surface area contributed by atoms with Crippen molar-refractivity contribution in [2.24, 2.45) is 0 Å². The molecule has 1 heterocycles. The molecule has 0 amide bonds. The Morgan fingerprint density at radius 2 is 0.844 bits per heavy atom. The normalized spacial score (nSPS) is 11.1. The quantitative estimate of drug-likeness (QED) is 0.248. The second-order valence-electron chi connectivity index (χ2n) is 6.62. The van der Waals surface area contributed by atoms with E-state index in [-0.39, 0.29) is 58.2 Å². The lowest BCUT2D eigenvalue weighted by atomic mass is 9.98. The van der Waals surface area contributed by atoms with Crippen molar-refractivity contribution in [2.75, 3.05) is 0 Å². The summed E-state index contributed by atoms with van der Waals surface area (Å²) in [6, 6.07) is 13.8. The number of pyridine rings is 1. The molecule has 0 saturated carbocycles. The van der Waals surface area contributed by atoms with E-state index in [4.69, 9.17) is 69.6 Å². The molecule has 0 unspecified atom stereocenters. The molecule has 0 radical (unpaired) electrons. The minimum Gasteiger partial charge on any atom is -0.241 e. The summed E-state index contributed by atoms with van der Waals surface area (Å²) >= 11 is 37.3. The molecule has 0 aliphatic rings. The first-order valence-electron chi connectivity index (χ1n) is 8.94. The van der Waals surface area contributed by atoms with Gasteiger partial charge in [0.25, 0.3) is 0 Å². The van der Waals surface area contributed by atoms with Crippen molar-refractivity contribution in [1.82, 2.24) is 4.98 Å². The van der Waals surface area contributed by atoms with Gasteiger partial charge in [-0.2, -0.15) is 0 Å². The zero-order chi connectivity index (χ0) is 23.2. The molecule has 1 aromatic heterocycles. The van der Waals surface area contributed by atoms with Gasteiger partial charge in [0, 0.05) is 16.7 Å². The van der Waals surface area contributed by atoms with Gasteiger partial charge in [0.1, 0.15) is 11.4 Å². The Morgan fingerprint density at radius 1 is 0.500 bits per heavy atom. The van der Waals surface area contributed by atoms with Crippen LogP contribution in [-0.4, -0.2) is 4.98 Å². The molecule has 0 N–H and O–H groups in total. The third-order valence-electron chi connectivity index (χ3n) is 4.71. The molecule has 0 bridgehead atoms. The Labute approximate surface area is 212 Å². The fourth-order valence-electron chi connectivity index (χ4n) is 3.21. The maximum Gasteiger partial charge on any atom is 0.160 e. The molecular formula is C23H9Cl6F2N. The number of hydrogen-bond acceptors (Lipinski definition) is 1. The number of halogens is 8. The van der Waals surface area contributed by atoms with Crippen molar-refractivity contribution in [3.05, 3.63) is 96.4 Å². The number of rotatable bonds is 3. The summed E-state index contributed by atoms with van der Waals surface area (Å²) in [5.74, 6) is -1.98. The molecule has 4 aromatic rings. The Hall–Kier alpha value is -1.59. The molecule has 0 spiro atoms. The van der Waals surface area contributed by atoms with E-state index in [1.54, 1.807) is 12.1 Å². The highest BCUT2D eigenvalue weighted by Crippen LogP contribution is 2.44. The molecular weight excluding hydrogens is 541 g/mol. The first-order chi connectivity index (χ1) is 15.2. The molecule has 0 aliphatic carbocycles. The van der Waals surface area contributed by atoms with Crippen LogP contribution in [0.5, 0.6) is 0 Å². The molecule has 0 atom stereocenters. The van der Waals surface area contributed by atoms with Gasteiger partial charge in [0.05, 0.1) is 35.7 Å². The van der Waals surface area contributed by atoms with Gasteiger partial charge < -0.3 is 0 Å². The fourth-order valence-corrected chi connectivity index (χ4v) is 4.38. The zero-order valence-corrected chi connectivity index (χ0v) is 20.2. The molecule has 4 rings (SSSR count). The van der Waals surface area contributed by atoms with Crippen LogP contribution in [0.3, 0.4) is 0 Å². The molecule has 0 saturated heterocycles. The van der Waals surface area contributed by atoms with Crippen molar-refractivity contribution in [1.29, 1.82) is 0 Å². The average molecular weight is 550 g/mol. The number of hydrogen-bond donors (Lipinski definition) is 0. The van der Waals surface area contributed by atoms with Crippen LogP contribution in [0.4, 0.5) is 8.78 Å². The summed E-state index contributed by atoms with van der Waals surface area (Å²) in [6.07, 6.45) is 0. The van der Waals surface area contributed by atoms with Gasteiger partial charge in [0.2, 0.25) is 0 Å². The molecule has 1 nitrogen and oxygen atoms in total. The van der Waals surface area contributed by atoms with Crippen LogP contribution >= 0.6 is 69.6 Å². The molecule has 0 aliphatic heterocycles. The van der Waals surface area contributed by atoms with E-state index < -0.39 is 17.2 Å². The molecule has 0 fully saturated rings. The predicted molar refractivity (Wildman–Crippen MR) is 131 cm³/mol. The lowest BCUT2D eigenvalue weighted by Crippen LogP contribution is -2.03. The standard InChI is InChI=1S/C23H9Cl6F2N/c24-13-7-1-4-10(17(13)27)16-20(30)22(11-5-2-8-14(25)18(11)28)32-23(21(16)31)12-6-3-9-15(26)19(12)29/h1-9H. The van der Waals surface area contributed by atoms with Gasteiger partial charge >= 0.3 is 0 Å². The molecule has 32 heavy (non-hydrogen) atoms. The third-order valence-corrected chi connectivity index (χ3v) is 7.17. The van der Waals surface area contributed by atoms with Crippen molar-refractivity contribution in [3.8, 4) is 33.6 Å². The second-order valence-corrected chi connectivity index (χ2v) is 8.97. The van der Waals surface area contributed by atoms with E-state index in [1.807, 2.05) is 0 Å². The van der Waals surface area contributed by atoms with Crippen LogP contribution in [0, 0.1) is 11.6 Å². The summed E-state index contributed by atoms with van der Waals surface area (Å²) in [7, 11) is 0. The summed E-state index contributed by atoms with van der Waals surface area (Å²) in [6.45, 7) is 0. The Kier molecular flexibility index (Phi) is 6.88. The van der Waals surface area contributed by atoms with Crippen LogP contribution in [0.25, 0.3) is 33.6 Å². The van der Waals surface area contributed by atoms with Gasteiger partial charge in [-0.1, -0.05) is 106 Å². The van der Waals surface area contributed by atoms with E-state index in [1.165, 1.54) is 42.5 Å². The van der Waals surface area contributed by atoms with E-state index in [0.29, 0.717) is 0 Å². The SMILES string of the molecule is Fc1c(-c2cccc(Cl)c2Cl)nc(-c2cccc(Cl)c2Cl)c(F)c1-c1cccc(Cl)c1Cl. The minimum atomic E-state index is -0.988. The predicted octanol–water partition coefficient (Wildman–Crippen LogP) is 10.3. The van der Waals surface area contributed by atoms with Crippen molar-refractivity contribution >= 4 is 69.6 Å². The maximum atomic E-state index is 15.8. The first kappa shape index (κ1) is 23.6. The van der Waals surface area contributed by atoms with Gasteiger partial charge in [-0.3, -0.25) is 0 Å². The zero-order valence-electron chi connectivity index (χ0n) is 15.7. The Bertz CT molecular complexity index is 1300. The maximum absolute atomic E-state index is 15.8. The Balaban J connectivity index is 2.16. The van der Waals surface area contributed by atoms with Crippen LogP contribution in [0.2, 0.25) is 30.1 Å². The largest absolute Gasteiger partial charge is 0.241 e. The highest BCUT2D eigenvalue weighted by molar-refractivity contribution is 6.45. The lowest BCUT2D eigenvalue weighted by Gasteiger charge is -2.17. The van der Waals surface area contributed by atoms with Crippen LogP contribution in [-0.2, 0) is 0 Å². The number of benzene rings is 3. The van der Waals surface area contributed by atoms with Gasteiger partial charge in [0.15, 0.2) is 11.6 Å². The lowest BCUT2D eigenvalue weighted by molar-refractivity contribution is 0.585. The first-order valence-corrected chi connectivity index (χ1v) is 11.2. The summed E-state index contributed by atoms with van der Waals surface area (Å²) in [5, 5.41) is 0.574. The average Bonchev–Trinajstić information content (AvgIpc) is 2.76. The minimum absolute atomic E-state index is 0.0237. The van der Waals surface area contributed by atoms with Crippen LogP contribution in [0.1, 0.15) is 0 Å². The van der Waals surface area contributed by atoms with Crippen LogP contribution in [0.15, 0.2) is 54.6 Å². The second kappa shape index (κ2) is 9.34. The van der Waals surface area contributed by atoms with Crippen molar-refractivity contribution in [3.63, 3.8) is 0 Å². The summed E-state index contributed by atoms with van der Waals surface area (Å²) < 4.78 is 31.7.